The third-order valence-electron chi connectivity index (χ3n) is 5.20. The highest BCUT2D eigenvalue weighted by Crippen LogP contribution is 2.29. The number of likely N-dealkylation sites (N-methyl/N-ethyl adjacent to an activating group) is 1. The van der Waals surface area contributed by atoms with Crippen molar-refractivity contribution in [1.29, 1.82) is 0 Å². The van der Waals surface area contributed by atoms with E-state index in [1.807, 2.05) is 102 Å². The summed E-state index contributed by atoms with van der Waals surface area (Å²) in [7, 11) is 1.96. The second-order valence-electron chi connectivity index (χ2n) is 7.36. The lowest BCUT2D eigenvalue weighted by Crippen LogP contribution is -2.45. The predicted octanol–water partition coefficient (Wildman–Crippen LogP) is 7.83. The molecule has 2 aromatic rings. The third-order valence-corrected chi connectivity index (χ3v) is 5.95. The van der Waals surface area contributed by atoms with Gasteiger partial charge in [0.15, 0.2) is 0 Å². The summed E-state index contributed by atoms with van der Waals surface area (Å²) in [5.41, 5.74) is 0.665. The number of rotatable bonds is 4. The molecule has 1 saturated carbocycles. The summed E-state index contributed by atoms with van der Waals surface area (Å²) >= 11 is 1.77. The van der Waals surface area contributed by atoms with Crippen molar-refractivity contribution in [3.05, 3.63) is 66.2 Å². The zero-order valence-corrected chi connectivity index (χ0v) is 21.3. The fraction of sp³-hybridized carbons (Fsp3) is 0.519. The summed E-state index contributed by atoms with van der Waals surface area (Å²) in [5, 5.41) is 0. The van der Waals surface area contributed by atoms with Crippen LogP contribution in [0.2, 0.25) is 0 Å². The van der Waals surface area contributed by atoms with Gasteiger partial charge >= 0.3 is 0 Å². The van der Waals surface area contributed by atoms with Crippen LogP contribution in [0.25, 0.3) is 0 Å². The first-order chi connectivity index (χ1) is 14.5. The number of hydrogen-bond donors (Lipinski definition) is 0. The van der Waals surface area contributed by atoms with E-state index in [4.69, 9.17) is 0 Å². The second kappa shape index (κ2) is 16.0. The van der Waals surface area contributed by atoms with E-state index in [1.165, 1.54) is 17.7 Å². The van der Waals surface area contributed by atoms with Crippen molar-refractivity contribution in [1.82, 2.24) is 4.90 Å². The van der Waals surface area contributed by atoms with Crippen LogP contribution >= 0.6 is 11.8 Å². The molecule has 1 aliphatic carbocycles. The largest absolute Gasteiger partial charge is 0.342 e. The van der Waals surface area contributed by atoms with Gasteiger partial charge in [0, 0.05) is 18.0 Å². The first-order valence-corrected chi connectivity index (χ1v) is 12.6. The maximum absolute atomic E-state index is 12.7. The average molecular weight is 430 g/mol. The number of benzene rings is 2. The van der Waals surface area contributed by atoms with Crippen LogP contribution in [0.5, 0.6) is 0 Å². The lowest BCUT2D eigenvalue weighted by molar-refractivity contribution is -0.137. The maximum Gasteiger partial charge on any atom is 0.232 e. The maximum atomic E-state index is 12.7. The van der Waals surface area contributed by atoms with E-state index >= 15 is 0 Å². The van der Waals surface area contributed by atoms with E-state index in [9.17, 15) is 4.79 Å². The van der Waals surface area contributed by atoms with Crippen molar-refractivity contribution in [2.24, 2.45) is 0 Å². The number of carbonyl (C=O) groups excluding carboxylic acids is 1. The van der Waals surface area contributed by atoms with Gasteiger partial charge in [-0.15, -0.1) is 11.8 Å². The zero-order valence-electron chi connectivity index (χ0n) is 20.4. The number of carbonyl (C=O) groups is 1. The molecule has 0 atom stereocenters. The van der Waals surface area contributed by atoms with Crippen LogP contribution in [0.3, 0.4) is 0 Å². The topological polar surface area (TPSA) is 20.3 Å². The van der Waals surface area contributed by atoms with E-state index in [-0.39, 0.29) is 5.91 Å². The standard InChI is InChI=1S/C16H23NO.C7H8S.2C2H6/c1-16(2,13-9-5-4-6-10-13)15(18)17(3)14-11-7-8-12-14;1-8-7-5-3-2-4-6-7;2*1-2/h4-6,9-10,14H,7-8,11-12H2,1-3H3;2-6H,1H3;2*1-2H3. The van der Waals surface area contributed by atoms with E-state index in [0.29, 0.717) is 6.04 Å². The summed E-state index contributed by atoms with van der Waals surface area (Å²) in [6.07, 6.45) is 6.91. The van der Waals surface area contributed by atoms with Crippen molar-refractivity contribution in [2.75, 3.05) is 13.3 Å². The highest BCUT2D eigenvalue weighted by molar-refractivity contribution is 7.98. The molecule has 0 N–H and O–H groups in total. The molecule has 3 heteroatoms. The SMILES string of the molecule is CC.CC.CN(C(=O)C(C)(C)c1ccccc1)C1CCCC1.CSc1ccccc1. The predicted molar refractivity (Wildman–Crippen MR) is 135 cm³/mol. The molecule has 168 valence electrons. The molecule has 0 saturated heterocycles. The summed E-state index contributed by atoms with van der Waals surface area (Å²) in [5.74, 6) is 0.237. The van der Waals surface area contributed by atoms with Gasteiger partial charge in [-0.25, -0.2) is 0 Å². The normalized spacial score (nSPS) is 12.9. The fourth-order valence-corrected chi connectivity index (χ4v) is 3.86. The van der Waals surface area contributed by atoms with Crippen LogP contribution in [0, 0.1) is 0 Å². The van der Waals surface area contributed by atoms with Crippen molar-refractivity contribution in [3.8, 4) is 0 Å². The van der Waals surface area contributed by atoms with Crippen molar-refractivity contribution >= 4 is 17.7 Å². The first-order valence-electron chi connectivity index (χ1n) is 11.4. The number of hydrogen-bond acceptors (Lipinski definition) is 2. The monoisotopic (exact) mass is 429 g/mol. The average Bonchev–Trinajstić information content (AvgIpc) is 3.37. The van der Waals surface area contributed by atoms with Crippen LogP contribution in [-0.4, -0.2) is 30.2 Å². The smallest absolute Gasteiger partial charge is 0.232 e. The Kier molecular flexibility index (Phi) is 15.1. The Morgan fingerprint density at radius 1 is 0.867 bits per heavy atom. The highest BCUT2D eigenvalue weighted by Gasteiger charge is 2.35. The lowest BCUT2D eigenvalue weighted by Gasteiger charge is -2.33. The van der Waals surface area contributed by atoms with Crippen LogP contribution in [0.4, 0.5) is 0 Å². The van der Waals surface area contributed by atoms with Gasteiger partial charge in [0.1, 0.15) is 0 Å². The van der Waals surface area contributed by atoms with Crippen molar-refractivity contribution in [2.45, 2.75) is 83.6 Å². The minimum atomic E-state index is -0.432. The molecule has 0 radical (unpaired) electrons. The molecular weight excluding hydrogens is 386 g/mol. The fourth-order valence-electron chi connectivity index (χ4n) is 3.43. The van der Waals surface area contributed by atoms with Gasteiger partial charge < -0.3 is 4.90 Å². The van der Waals surface area contributed by atoms with E-state index < -0.39 is 5.41 Å². The van der Waals surface area contributed by atoms with Gasteiger partial charge in [-0.05, 0) is 50.6 Å². The molecule has 0 aromatic heterocycles. The molecule has 0 aliphatic heterocycles. The summed E-state index contributed by atoms with van der Waals surface area (Å²) in [6, 6.07) is 20.8. The lowest BCUT2D eigenvalue weighted by atomic mass is 9.83. The van der Waals surface area contributed by atoms with Gasteiger partial charge in [0.25, 0.3) is 0 Å². The molecular formula is C27H43NOS. The van der Waals surface area contributed by atoms with Gasteiger partial charge in [0.05, 0.1) is 5.41 Å². The molecule has 1 aliphatic rings. The van der Waals surface area contributed by atoms with E-state index in [2.05, 4.69) is 18.4 Å². The molecule has 0 heterocycles. The Bertz CT molecular complexity index is 664. The Hall–Kier alpha value is -1.74. The Morgan fingerprint density at radius 2 is 1.30 bits per heavy atom. The Labute approximate surface area is 190 Å². The molecule has 1 fully saturated rings. The molecule has 2 nitrogen and oxygen atoms in total. The van der Waals surface area contributed by atoms with Crippen LogP contribution in [0.15, 0.2) is 65.6 Å². The van der Waals surface area contributed by atoms with Crippen LogP contribution in [0.1, 0.15) is 72.8 Å². The summed E-state index contributed by atoms with van der Waals surface area (Å²) < 4.78 is 0. The minimum absolute atomic E-state index is 0.237. The van der Waals surface area contributed by atoms with Crippen LogP contribution in [-0.2, 0) is 10.2 Å². The van der Waals surface area contributed by atoms with E-state index in [1.54, 1.807) is 11.8 Å². The number of amides is 1. The van der Waals surface area contributed by atoms with Crippen molar-refractivity contribution in [3.63, 3.8) is 0 Å². The molecule has 0 spiro atoms. The van der Waals surface area contributed by atoms with Gasteiger partial charge in [-0.3, -0.25) is 4.79 Å². The minimum Gasteiger partial charge on any atom is -0.342 e. The first kappa shape index (κ1) is 28.3. The molecule has 3 rings (SSSR count). The van der Waals surface area contributed by atoms with Crippen molar-refractivity contribution < 1.29 is 4.79 Å². The number of thioether (sulfide) groups is 1. The third kappa shape index (κ3) is 8.95. The molecule has 0 bridgehead atoms. The number of nitrogens with zero attached hydrogens (tertiary/aromatic N) is 1. The van der Waals surface area contributed by atoms with Gasteiger partial charge in [-0.1, -0.05) is 89.1 Å². The second-order valence-corrected chi connectivity index (χ2v) is 8.24. The molecule has 1 amide bonds. The van der Waals surface area contributed by atoms with Crippen LogP contribution < -0.4 is 0 Å². The zero-order chi connectivity index (χ0) is 23.0. The summed E-state index contributed by atoms with van der Waals surface area (Å²) in [4.78, 5) is 16.0. The Morgan fingerprint density at radius 3 is 1.70 bits per heavy atom. The van der Waals surface area contributed by atoms with Gasteiger partial charge in [-0.2, -0.15) is 0 Å². The van der Waals surface area contributed by atoms with Gasteiger partial charge in [0.2, 0.25) is 5.91 Å². The summed E-state index contributed by atoms with van der Waals surface area (Å²) in [6.45, 7) is 12.0. The quantitative estimate of drug-likeness (QED) is 0.462. The molecule has 0 unspecified atom stereocenters. The highest BCUT2D eigenvalue weighted by atomic mass is 32.2. The van der Waals surface area contributed by atoms with E-state index in [0.717, 1.165) is 18.4 Å². The molecule has 30 heavy (non-hydrogen) atoms. The Balaban J connectivity index is 0.000000585. The molecule has 2 aromatic carbocycles.